The molecular formula is C36H52O3S2. The van der Waals surface area contributed by atoms with E-state index in [4.69, 9.17) is 0 Å². The van der Waals surface area contributed by atoms with E-state index in [0.717, 1.165) is 44.1 Å². The third-order valence-electron chi connectivity index (χ3n) is 11.3. The van der Waals surface area contributed by atoms with Crippen LogP contribution in [0.2, 0.25) is 0 Å². The van der Waals surface area contributed by atoms with Gasteiger partial charge in [0.05, 0.1) is 0 Å². The molecule has 0 heterocycles. The first kappa shape index (κ1) is 30.0. The van der Waals surface area contributed by atoms with Gasteiger partial charge >= 0.3 is 0 Å². The first-order valence-electron chi connectivity index (χ1n) is 17.2. The summed E-state index contributed by atoms with van der Waals surface area (Å²) in [5.41, 5.74) is 4.11. The largest absolute Gasteiger partial charge is 0.285 e. The van der Waals surface area contributed by atoms with Crippen LogP contribution < -0.4 is 0 Å². The second-order valence-electron chi connectivity index (χ2n) is 14.1. The van der Waals surface area contributed by atoms with Gasteiger partial charge in [-0.25, -0.2) is 0 Å². The van der Waals surface area contributed by atoms with Gasteiger partial charge in [-0.1, -0.05) is 101 Å². The van der Waals surface area contributed by atoms with Crippen molar-refractivity contribution in [1.82, 2.24) is 0 Å². The highest BCUT2D eigenvalue weighted by atomic mass is 32.2. The SMILES string of the molecule is O=S(=O)(O)C1C(C2CCCCC2)=CC(Sc2cc(C3CCCCC3)cc(C3CCCCC3)c2)=CC1C1CCCCC1. The normalized spacial score (nSPS) is 28.3. The van der Waals surface area contributed by atoms with Gasteiger partial charge in [-0.15, -0.1) is 0 Å². The fourth-order valence-electron chi connectivity index (χ4n) is 9.10. The number of thioether (sulfide) groups is 1. The van der Waals surface area contributed by atoms with Crippen molar-refractivity contribution in [3.8, 4) is 0 Å². The van der Waals surface area contributed by atoms with Crippen molar-refractivity contribution in [1.29, 1.82) is 0 Å². The van der Waals surface area contributed by atoms with Gasteiger partial charge in [0, 0.05) is 15.7 Å². The average Bonchev–Trinajstić information content (AvgIpc) is 3.02. The predicted octanol–water partition coefficient (Wildman–Crippen LogP) is 10.7. The first-order valence-corrected chi connectivity index (χ1v) is 19.5. The summed E-state index contributed by atoms with van der Waals surface area (Å²) in [6.07, 6.45) is 29.3. The van der Waals surface area contributed by atoms with Crippen LogP contribution >= 0.6 is 11.8 Å². The maximum absolute atomic E-state index is 13.1. The van der Waals surface area contributed by atoms with Crippen LogP contribution in [0.5, 0.6) is 0 Å². The summed E-state index contributed by atoms with van der Waals surface area (Å²) in [7, 11) is -4.18. The standard InChI is InChI=1S/C36H52O3S2/c37-41(38,39)36-34(28-17-9-3-10-18-28)24-33(25-35(36)29-19-11-4-12-20-29)40-32-22-30(26-13-5-1-6-14-26)21-31(23-32)27-15-7-2-8-16-27/h21-29,34,36H,1-20H2,(H,37,38,39). The zero-order valence-electron chi connectivity index (χ0n) is 25.1. The van der Waals surface area contributed by atoms with Crippen molar-refractivity contribution in [2.45, 2.75) is 150 Å². The molecule has 2 unspecified atom stereocenters. The molecule has 1 aromatic carbocycles. The summed E-state index contributed by atoms with van der Waals surface area (Å²) in [5, 5.41) is -0.760. The molecule has 0 aromatic heterocycles. The summed E-state index contributed by atoms with van der Waals surface area (Å²) in [6.45, 7) is 0. The maximum Gasteiger partial charge on any atom is 0.272 e. The van der Waals surface area contributed by atoms with Gasteiger partial charge in [0.1, 0.15) is 5.25 Å². The molecule has 1 N–H and O–H groups in total. The molecule has 5 aliphatic carbocycles. The number of allylic oxidation sites excluding steroid dienone is 2. The molecule has 0 amide bonds. The Morgan fingerprint density at radius 2 is 1.07 bits per heavy atom. The Kier molecular flexibility index (Phi) is 10.0. The lowest BCUT2D eigenvalue weighted by Gasteiger charge is -2.39. The number of hydrogen-bond acceptors (Lipinski definition) is 3. The molecule has 4 saturated carbocycles. The number of hydrogen-bond donors (Lipinski definition) is 1. The molecule has 226 valence electrons. The summed E-state index contributed by atoms with van der Waals surface area (Å²) in [6, 6.07) is 7.52. The molecule has 0 aliphatic heterocycles. The minimum atomic E-state index is -4.18. The zero-order chi connectivity index (χ0) is 28.2. The monoisotopic (exact) mass is 596 g/mol. The smallest absolute Gasteiger partial charge is 0.272 e. The third kappa shape index (κ3) is 7.37. The van der Waals surface area contributed by atoms with E-state index < -0.39 is 15.4 Å². The van der Waals surface area contributed by atoms with E-state index in [-0.39, 0.29) is 11.8 Å². The molecule has 41 heavy (non-hydrogen) atoms. The van der Waals surface area contributed by atoms with Crippen molar-refractivity contribution < 1.29 is 13.0 Å². The van der Waals surface area contributed by atoms with E-state index >= 15 is 0 Å². The van der Waals surface area contributed by atoms with E-state index in [1.807, 2.05) is 11.8 Å². The van der Waals surface area contributed by atoms with Gasteiger partial charge in [0.2, 0.25) is 0 Å². The topological polar surface area (TPSA) is 54.4 Å². The number of rotatable bonds is 7. The summed E-state index contributed by atoms with van der Waals surface area (Å²) in [4.78, 5) is 2.56. The molecule has 5 heteroatoms. The lowest BCUT2D eigenvalue weighted by Crippen LogP contribution is -2.40. The van der Waals surface area contributed by atoms with E-state index in [1.54, 1.807) is 11.1 Å². The van der Waals surface area contributed by atoms with Crippen LogP contribution in [-0.2, 0) is 10.1 Å². The fraction of sp³-hybridized carbons (Fsp3) is 0.722. The predicted molar refractivity (Wildman–Crippen MR) is 172 cm³/mol. The Balaban J connectivity index is 1.37. The van der Waals surface area contributed by atoms with Gasteiger partial charge in [-0.2, -0.15) is 8.42 Å². The quantitative estimate of drug-likeness (QED) is 0.318. The van der Waals surface area contributed by atoms with Crippen LogP contribution in [0.25, 0.3) is 0 Å². The van der Waals surface area contributed by atoms with E-state index in [1.165, 1.54) is 99.7 Å². The van der Waals surface area contributed by atoms with Crippen LogP contribution in [0.3, 0.4) is 0 Å². The lowest BCUT2D eigenvalue weighted by atomic mass is 9.71. The molecule has 4 fully saturated rings. The van der Waals surface area contributed by atoms with Gasteiger partial charge in [-0.05, 0) is 110 Å². The average molecular weight is 597 g/mol. The van der Waals surface area contributed by atoms with E-state index in [2.05, 4.69) is 30.4 Å². The van der Waals surface area contributed by atoms with Crippen LogP contribution in [0.1, 0.15) is 151 Å². The molecular weight excluding hydrogens is 545 g/mol. The van der Waals surface area contributed by atoms with Crippen molar-refractivity contribution in [2.75, 3.05) is 0 Å². The third-order valence-corrected chi connectivity index (χ3v) is 13.5. The summed E-state index contributed by atoms with van der Waals surface area (Å²) in [5.74, 6) is 1.86. The minimum absolute atomic E-state index is 0.117. The van der Waals surface area contributed by atoms with Crippen LogP contribution in [0, 0.1) is 17.8 Å². The Bertz CT molecular complexity index is 1150. The lowest BCUT2D eigenvalue weighted by molar-refractivity contribution is 0.268. The molecule has 5 aliphatic rings. The van der Waals surface area contributed by atoms with Crippen molar-refractivity contribution in [2.24, 2.45) is 17.8 Å². The van der Waals surface area contributed by atoms with Gasteiger partial charge in [-0.3, -0.25) is 4.55 Å². The van der Waals surface area contributed by atoms with Gasteiger partial charge in [0.25, 0.3) is 10.1 Å². The van der Waals surface area contributed by atoms with Crippen molar-refractivity contribution in [3.63, 3.8) is 0 Å². The maximum atomic E-state index is 13.1. The Morgan fingerprint density at radius 3 is 1.56 bits per heavy atom. The molecule has 0 spiro atoms. The summed E-state index contributed by atoms with van der Waals surface area (Å²) >= 11 is 1.88. The second-order valence-corrected chi connectivity index (χ2v) is 16.8. The highest BCUT2D eigenvalue weighted by molar-refractivity contribution is 8.03. The highest BCUT2D eigenvalue weighted by Gasteiger charge is 2.43. The molecule has 6 rings (SSSR count). The Hall–Kier alpha value is -1.04. The minimum Gasteiger partial charge on any atom is -0.285 e. The highest BCUT2D eigenvalue weighted by Crippen LogP contribution is 2.48. The fourth-order valence-corrected chi connectivity index (χ4v) is 11.5. The van der Waals surface area contributed by atoms with Crippen molar-refractivity contribution >= 4 is 21.9 Å². The van der Waals surface area contributed by atoms with Gasteiger partial charge < -0.3 is 0 Å². The zero-order valence-corrected chi connectivity index (χ0v) is 26.7. The van der Waals surface area contributed by atoms with E-state index in [0.29, 0.717) is 17.8 Å². The first-order chi connectivity index (χ1) is 20.0. The Morgan fingerprint density at radius 1 is 0.610 bits per heavy atom. The summed E-state index contributed by atoms with van der Waals surface area (Å²) < 4.78 is 36.8. The van der Waals surface area contributed by atoms with Gasteiger partial charge in [0.15, 0.2) is 0 Å². The molecule has 1 aromatic rings. The van der Waals surface area contributed by atoms with Crippen LogP contribution in [0.15, 0.2) is 45.7 Å². The van der Waals surface area contributed by atoms with E-state index in [9.17, 15) is 13.0 Å². The molecule has 3 nitrogen and oxygen atoms in total. The molecule has 0 bridgehead atoms. The van der Waals surface area contributed by atoms with Crippen LogP contribution in [0.4, 0.5) is 0 Å². The van der Waals surface area contributed by atoms with Crippen LogP contribution in [-0.4, -0.2) is 18.2 Å². The van der Waals surface area contributed by atoms with Crippen molar-refractivity contribution in [3.05, 3.63) is 52.0 Å². The molecule has 2 atom stereocenters. The Labute approximate surface area is 254 Å². The second kappa shape index (κ2) is 13.7. The molecule has 0 saturated heterocycles. The number of benzene rings is 1. The molecule has 0 radical (unpaired) electrons.